The molecule has 2 amide bonds. The number of nitrogens with one attached hydrogen (secondary N) is 1. The van der Waals surface area contributed by atoms with E-state index in [-0.39, 0.29) is 23.1 Å². The van der Waals surface area contributed by atoms with E-state index in [1.807, 2.05) is 0 Å². The highest BCUT2D eigenvalue weighted by atomic mass is 16.3. The predicted molar refractivity (Wildman–Crippen MR) is 100 cm³/mol. The van der Waals surface area contributed by atoms with Crippen LogP contribution in [0.5, 0.6) is 5.75 Å². The van der Waals surface area contributed by atoms with Crippen LogP contribution < -0.4 is 5.32 Å². The molecule has 3 rings (SSSR count). The molecule has 142 valence electrons. The van der Waals surface area contributed by atoms with Gasteiger partial charge in [0.1, 0.15) is 11.8 Å². The fourth-order valence-electron chi connectivity index (χ4n) is 3.91. The first-order chi connectivity index (χ1) is 12.7. The number of phenols is 1. The summed E-state index contributed by atoms with van der Waals surface area (Å²) in [5.41, 5.74) is 0.261. The van der Waals surface area contributed by atoms with Crippen molar-refractivity contribution in [3.63, 3.8) is 0 Å². The maximum atomic E-state index is 12.7. The molecule has 2 aliphatic rings. The first kappa shape index (κ1) is 18.7. The van der Waals surface area contributed by atoms with Crippen molar-refractivity contribution in [3.05, 3.63) is 29.8 Å². The molecule has 0 saturated carbocycles. The number of para-hydroxylation sites is 1. The van der Waals surface area contributed by atoms with Crippen LogP contribution >= 0.6 is 0 Å². The van der Waals surface area contributed by atoms with Crippen LogP contribution in [0, 0.1) is 0 Å². The van der Waals surface area contributed by atoms with Crippen molar-refractivity contribution in [1.82, 2.24) is 15.1 Å². The zero-order chi connectivity index (χ0) is 18.4. The van der Waals surface area contributed by atoms with E-state index in [1.165, 1.54) is 38.4 Å². The molecule has 0 aliphatic carbocycles. The standard InChI is InChI=1S/C20H29N3O3/c24-18-10-3-2-8-16(18)20(26)23-15-6-9-17(23)19(25)21-11-7-14-22-12-4-1-5-13-22/h2-3,8,10,17,24H,1,4-7,9,11-15H2,(H,21,25). The van der Waals surface area contributed by atoms with Gasteiger partial charge >= 0.3 is 0 Å². The van der Waals surface area contributed by atoms with Gasteiger partial charge in [-0.25, -0.2) is 0 Å². The van der Waals surface area contributed by atoms with Crippen LogP contribution in [0.2, 0.25) is 0 Å². The minimum Gasteiger partial charge on any atom is -0.507 e. The fraction of sp³-hybridized carbons (Fsp3) is 0.600. The number of piperidine rings is 1. The number of carbonyl (C=O) groups excluding carboxylic acids is 2. The van der Waals surface area contributed by atoms with Crippen LogP contribution in [0.1, 0.15) is 48.9 Å². The minimum absolute atomic E-state index is 0.0370. The third-order valence-corrected chi connectivity index (χ3v) is 5.35. The number of carbonyl (C=O) groups is 2. The topological polar surface area (TPSA) is 72.9 Å². The van der Waals surface area contributed by atoms with Crippen LogP contribution in [0.25, 0.3) is 0 Å². The van der Waals surface area contributed by atoms with E-state index < -0.39 is 6.04 Å². The second kappa shape index (κ2) is 9.03. The molecule has 2 saturated heterocycles. The Bertz CT molecular complexity index is 628. The number of phenolic OH excluding ortho intramolecular Hbond substituents is 1. The Morgan fingerprint density at radius 1 is 1.08 bits per heavy atom. The molecule has 0 radical (unpaired) electrons. The first-order valence-electron chi connectivity index (χ1n) is 9.76. The second-order valence-corrected chi connectivity index (χ2v) is 7.22. The quantitative estimate of drug-likeness (QED) is 0.762. The van der Waals surface area contributed by atoms with Gasteiger partial charge in [0.2, 0.25) is 5.91 Å². The SMILES string of the molecule is O=C(NCCCN1CCCCC1)C1CCCN1C(=O)c1ccccc1O. The molecule has 26 heavy (non-hydrogen) atoms. The first-order valence-corrected chi connectivity index (χ1v) is 9.76. The van der Waals surface area contributed by atoms with Gasteiger partial charge in [-0.05, 0) is 63.9 Å². The molecule has 2 N–H and O–H groups in total. The van der Waals surface area contributed by atoms with Crippen molar-refractivity contribution >= 4 is 11.8 Å². The summed E-state index contributed by atoms with van der Waals surface area (Å²) in [6.45, 7) is 4.55. The van der Waals surface area contributed by atoms with E-state index in [4.69, 9.17) is 0 Å². The average Bonchev–Trinajstić information content (AvgIpc) is 3.16. The number of aromatic hydroxyl groups is 1. The summed E-state index contributed by atoms with van der Waals surface area (Å²) in [5, 5.41) is 12.9. The van der Waals surface area contributed by atoms with Crippen molar-refractivity contribution in [3.8, 4) is 5.75 Å². The van der Waals surface area contributed by atoms with E-state index in [2.05, 4.69) is 10.2 Å². The summed E-state index contributed by atoms with van der Waals surface area (Å²) >= 11 is 0. The molecule has 1 atom stereocenters. The summed E-state index contributed by atoms with van der Waals surface area (Å²) in [6.07, 6.45) is 6.31. The lowest BCUT2D eigenvalue weighted by Gasteiger charge is -2.27. The van der Waals surface area contributed by atoms with Gasteiger partial charge in [0.25, 0.3) is 5.91 Å². The molecule has 6 heteroatoms. The normalized spacial score (nSPS) is 20.9. The number of amides is 2. The smallest absolute Gasteiger partial charge is 0.258 e. The fourth-order valence-corrected chi connectivity index (χ4v) is 3.91. The molecular formula is C20H29N3O3. The number of hydrogen-bond donors (Lipinski definition) is 2. The van der Waals surface area contributed by atoms with Gasteiger partial charge in [-0.1, -0.05) is 18.6 Å². The molecule has 1 aromatic rings. The number of nitrogens with zero attached hydrogens (tertiary/aromatic N) is 2. The Kier molecular flexibility index (Phi) is 6.50. The molecule has 0 bridgehead atoms. The van der Waals surface area contributed by atoms with E-state index in [0.717, 1.165) is 19.4 Å². The molecule has 2 fully saturated rings. The van der Waals surface area contributed by atoms with Gasteiger partial charge < -0.3 is 20.2 Å². The van der Waals surface area contributed by atoms with Crippen molar-refractivity contribution in [2.45, 2.75) is 44.6 Å². The summed E-state index contributed by atoms with van der Waals surface area (Å²) in [6, 6.07) is 6.07. The Morgan fingerprint density at radius 3 is 2.62 bits per heavy atom. The van der Waals surface area contributed by atoms with Gasteiger partial charge in [-0.3, -0.25) is 9.59 Å². The second-order valence-electron chi connectivity index (χ2n) is 7.22. The number of likely N-dealkylation sites (tertiary alicyclic amines) is 2. The van der Waals surface area contributed by atoms with E-state index in [0.29, 0.717) is 19.5 Å². The van der Waals surface area contributed by atoms with Crippen LogP contribution in [0.3, 0.4) is 0 Å². The lowest BCUT2D eigenvalue weighted by molar-refractivity contribution is -0.124. The Morgan fingerprint density at radius 2 is 1.85 bits per heavy atom. The summed E-state index contributed by atoms with van der Waals surface area (Å²) < 4.78 is 0. The van der Waals surface area contributed by atoms with Gasteiger partial charge in [0.05, 0.1) is 5.56 Å². The van der Waals surface area contributed by atoms with Gasteiger partial charge in [-0.2, -0.15) is 0 Å². The van der Waals surface area contributed by atoms with Gasteiger partial charge in [0.15, 0.2) is 0 Å². The largest absolute Gasteiger partial charge is 0.507 e. The lowest BCUT2D eigenvalue weighted by atomic mass is 10.1. The van der Waals surface area contributed by atoms with Gasteiger partial charge in [0, 0.05) is 13.1 Å². The molecule has 2 heterocycles. The van der Waals surface area contributed by atoms with Crippen molar-refractivity contribution in [2.75, 3.05) is 32.7 Å². The van der Waals surface area contributed by atoms with E-state index in [9.17, 15) is 14.7 Å². The Labute approximate surface area is 155 Å². The van der Waals surface area contributed by atoms with Crippen molar-refractivity contribution in [2.24, 2.45) is 0 Å². The predicted octanol–water partition coefficient (Wildman–Crippen LogP) is 1.99. The van der Waals surface area contributed by atoms with E-state index >= 15 is 0 Å². The number of rotatable bonds is 6. The molecule has 0 spiro atoms. The van der Waals surface area contributed by atoms with E-state index in [1.54, 1.807) is 23.1 Å². The van der Waals surface area contributed by atoms with Crippen LogP contribution in [0.15, 0.2) is 24.3 Å². The number of benzene rings is 1. The summed E-state index contributed by atoms with van der Waals surface area (Å²) in [7, 11) is 0. The molecule has 1 unspecified atom stereocenters. The monoisotopic (exact) mass is 359 g/mol. The summed E-state index contributed by atoms with van der Waals surface area (Å²) in [4.78, 5) is 29.3. The Balaban J connectivity index is 1.48. The highest BCUT2D eigenvalue weighted by Crippen LogP contribution is 2.24. The third kappa shape index (κ3) is 4.55. The molecule has 6 nitrogen and oxygen atoms in total. The molecule has 1 aromatic carbocycles. The summed E-state index contributed by atoms with van der Waals surface area (Å²) in [5.74, 6) is -0.385. The Hall–Kier alpha value is -2.08. The molecule has 2 aliphatic heterocycles. The highest BCUT2D eigenvalue weighted by Gasteiger charge is 2.35. The van der Waals surface area contributed by atoms with Crippen molar-refractivity contribution in [1.29, 1.82) is 0 Å². The maximum Gasteiger partial charge on any atom is 0.258 e. The maximum absolute atomic E-state index is 12.7. The zero-order valence-corrected chi connectivity index (χ0v) is 15.3. The lowest BCUT2D eigenvalue weighted by Crippen LogP contribution is -2.46. The molecule has 0 aromatic heterocycles. The average molecular weight is 359 g/mol. The van der Waals surface area contributed by atoms with Crippen molar-refractivity contribution < 1.29 is 14.7 Å². The minimum atomic E-state index is -0.433. The third-order valence-electron chi connectivity index (χ3n) is 5.35. The molecular weight excluding hydrogens is 330 g/mol. The van der Waals surface area contributed by atoms with Crippen LogP contribution in [-0.2, 0) is 4.79 Å². The number of hydrogen-bond acceptors (Lipinski definition) is 4. The van der Waals surface area contributed by atoms with Gasteiger partial charge in [-0.15, -0.1) is 0 Å². The van der Waals surface area contributed by atoms with Crippen LogP contribution in [-0.4, -0.2) is 65.5 Å². The zero-order valence-electron chi connectivity index (χ0n) is 15.3. The van der Waals surface area contributed by atoms with Crippen LogP contribution in [0.4, 0.5) is 0 Å². The highest BCUT2D eigenvalue weighted by molar-refractivity contribution is 5.99.